The van der Waals surface area contributed by atoms with Crippen LogP contribution < -0.4 is 10.2 Å². The van der Waals surface area contributed by atoms with E-state index in [1.807, 2.05) is 31.2 Å². The number of carbonyl (C=O) groups excluding carboxylic acids is 1. The van der Waals surface area contributed by atoms with Gasteiger partial charge in [-0.2, -0.15) is 0 Å². The van der Waals surface area contributed by atoms with Crippen molar-refractivity contribution in [3.05, 3.63) is 29.8 Å². The molecule has 1 heterocycles. The Morgan fingerprint density at radius 3 is 2.35 bits per heavy atom. The molecule has 0 radical (unpaired) electrons. The van der Waals surface area contributed by atoms with Crippen LogP contribution in [0, 0.1) is 0 Å². The Morgan fingerprint density at radius 2 is 1.80 bits per heavy atom. The van der Waals surface area contributed by atoms with Crippen LogP contribution >= 0.6 is 0 Å². The van der Waals surface area contributed by atoms with Crippen molar-refractivity contribution in [2.45, 2.75) is 13.0 Å². The first-order valence-corrected chi connectivity index (χ1v) is 6.98. The third kappa shape index (κ3) is 3.79. The number of rotatable bonds is 5. The van der Waals surface area contributed by atoms with Gasteiger partial charge in [0.1, 0.15) is 5.75 Å². The monoisotopic (exact) mass is 277 g/mol. The first kappa shape index (κ1) is 15.0. The van der Waals surface area contributed by atoms with Crippen LogP contribution in [0.3, 0.4) is 0 Å². The summed E-state index contributed by atoms with van der Waals surface area (Å²) in [4.78, 5) is 14.6. The summed E-state index contributed by atoms with van der Waals surface area (Å²) in [6.07, 6.45) is 0. The first-order chi connectivity index (χ1) is 9.60. The van der Waals surface area contributed by atoms with Crippen LogP contribution in [-0.2, 0) is 0 Å². The van der Waals surface area contributed by atoms with Gasteiger partial charge in [-0.05, 0) is 38.2 Å². The summed E-state index contributed by atoms with van der Waals surface area (Å²) in [7, 11) is 3.73. The third-order valence-corrected chi connectivity index (χ3v) is 3.65. The van der Waals surface area contributed by atoms with E-state index < -0.39 is 0 Å². The van der Waals surface area contributed by atoms with Gasteiger partial charge >= 0.3 is 0 Å². The number of methoxy groups -OCH3 is 1. The van der Waals surface area contributed by atoms with E-state index in [4.69, 9.17) is 4.74 Å². The molecular weight excluding hydrogens is 254 g/mol. The van der Waals surface area contributed by atoms with Gasteiger partial charge in [-0.15, -0.1) is 0 Å². The quantitative estimate of drug-likeness (QED) is 0.814. The summed E-state index contributed by atoms with van der Waals surface area (Å²) in [6.45, 7) is 5.84. The molecule has 1 saturated heterocycles. The van der Waals surface area contributed by atoms with Crippen molar-refractivity contribution >= 4 is 5.78 Å². The molecule has 0 aromatic heterocycles. The second kappa shape index (κ2) is 6.83. The van der Waals surface area contributed by atoms with Gasteiger partial charge in [0.2, 0.25) is 0 Å². The number of likely N-dealkylation sites (N-methyl/N-ethyl adjacent to an activating group) is 1. The molecule has 5 heteroatoms. The molecule has 1 atom stereocenters. The second-order valence-corrected chi connectivity index (χ2v) is 5.23. The molecule has 1 aliphatic rings. The molecule has 0 bridgehead atoms. The lowest BCUT2D eigenvalue weighted by Gasteiger charge is -2.34. The smallest absolute Gasteiger partial charge is 0.180 e. The molecule has 1 aromatic rings. The van der Waals surface area contributed by atoms with E-state index in [-0.39, 0.29) is 11.8 Å². The molecule has 0 saturated carbocycles. The van der Waals surface area contributed by atoms with Crippen LogP contribution in [0.4, 0.5) is 0 Å². The van der Waals surface area contributed by atoms with E-state index in [2.05, 4.69) is 22.4 Å². The van der Waals surface area contributed by atoms with Gasteiger partial charge in [-0.1, -0.05) is 0 Å². The van der Waals surface area contributed by atoms with Crippen molar-refractivity contribution in [3.63, 3.8) is 0 Å². The van der Waals surface area contributed by atoms with Gasteiger partial charge in [-0.3, -0.25) is 4.79 Å². The molecule has 0 aliphatic carbocycles. The Kier molecular flexibility index (Phi) is 5.11. The Hall–Kier alpha value is -1.43. The molecule has 1 aromatic carbocycles. The van der Waals surface area contributed by atoms with Crippen molar-refractivity contribution in [1.82, 2.24) is 15.3 Å². The predicted molar refractivity (Wildman–Crippen MR) is 79.0 cm³/mol. The first-order valence-electron chi connectivity index (χ1n) is 6.98. The number of carbonyl (C=O) groups is 1. The van der Waals surface area contributed by atoms with E-state index in [1.54, 1.807) is 7.11 Å². The molecule has 1 N–H and O–H groups in total. The SMILES string of the molecule is COc1ccc(C(=O)C(C)NN2CCN(C)CC2)cc1. The van der Waals surface area contributed by atoms with Crippen LogP contribution in [0.2, 0.25) is 0 Å². The summed E-state index contributed by atoms with van der Waals surface area (Å²) in [5, 5.41) is 2.13. The molecule has 1 aliphatic heterocycles. The highest BCUT2D eigenvalue weighted by Crippen LogP contribution is 2.13. The third-order valence-electron chi connectivity index (χ3n) is 3.65. The lowest BCUT2D eigenvalue weighted by Crippen LogP contribution is -2.54. The lowest BCUT2D eigenvalue weighted by molar-refractivity contribution is 0.0718. The van der Waals surface area contributed by atoms with Gasteiger partial charge in [0.15, 0.2) is 5.78 Å². The van der Waals surface area contributed by atoms with Crippen molar-refractivity contribution in [2.24, 2.45) is 0 Å². The van der Waals surface area contributed by atoms with Crippen molar-refractivity contribution in [1.29, 1.82) is 0 Å². The summed E-state index contributed by atoms with van der Waals surface area (Å²) in [5.41, 5.74) is 4.00. The fourth-order valence-corrected chi connectivity index (χ4v) is 2.27. The van der Waals surface area contributed by atoms with E-state index >= 15 is 0 Å². The molecule has 1 fully saturated rings. The van der Waals surface area contributed by atoms with Crippen molar-refractivity contribution in [2.75, 3.05) is 40.3 Å². The lowest BCUT2D eigenvalue weighted by atomic mass is 10.1. The number of Topliss-reactive ketones (excluding diaryl/α,β-unsaturated/α-hetero) is 1. The summed E-state index contributed by atoms with van der Waals surface area (Å²) in [5.74, 6) is 0.868. The minimum atomic E-state index is -0.216. The number of ether oxygens (including phenoxy) is 1. The van der Waals surface area contributed by atoms with Gasteiger partial charge < -0.3 is 9.64 Å². The topological polar surface area (TPSA) is 44.8 Å². The maximum atomic E-state index is 12.3. The number of ketones is 1. The maximum Gasteiger partial charge on any atom is 0.180 e. The number of hydrazine groups is 1. The Balaban J connectivity index is 1.90. The number of piperazine rings is 1. The highest BCUT2D eigenvalue weighted by Gasteiger charge is 2.20. The minimum absolute atomic E-state index is 0.103. The van der Waals surface area contributed by atoms with E-state index in [0.29, 0.717) is 5.56 Å². The van der Waals surface area contributed by atoms with Crippen LogP contribution in [0.25, 0.3) is 0 Å². The minimum Gasteiger partial charge on any atom is -0.497 e. The molecule has 20 heavy (non-hydrogen) atoms. The molecule has 0 amide bonds. The zero-order valence-corrected chi connectivity index (χ0v) is 12.4. The van der Waals surface area contributed by atoms with Crippen molar-refractivity contribution in [3.8, 4) is 5.75 Å². The summed E-state index contributed by atoms with van der Waals surface area (Å²) in [6, 6.07) is 7.03. The molecule has 5 nitrogen and oxygen atoms in total. The number of hydrogen-bond acceptors (Lipinski definition) is 5. The van der Waals surface area contributed by atoms with E-state index in [9.17, 15) is 4.79 Å². The zero-order valence-electron chi connectivity index (χ0n) is 12.4. The highest BCUT2D eigenvalue weighted by molar-refractivity contribution is 5.99. The molecule has 1 unspecified atom stereocenters. The summed E-state index contributed by atoms with van der Waals surface area (Å²) >= 11 is 0. The Bertz CT molecular complexity index is 439. The highest BCUT2D eigenvalue weighted by atomic mass is 16.5. The van der Waals surface area contributed by atoms with Crippen LogP contribution in [0.1, 0.15) is 17.3 Å². The van der Waals surface area contributed by atoms with E-state index in [0.717, 1.165) is 31.9 Å². The molecular formula is C15H23N3O2. The fraction of sp³-hybridized carbons (Fsp3) is 0.533. The van der Waals surface area contributed by atoms with Gasteiger partial charge in [0.25, 0.3) is 0 Å². The zero-order chi connectivity index (χ0) is 14.5. The predicted octanol–water partition coefficient (Wildman–Crippen LogP) is 1.02. The normalized spacial score (nSPS) is 18.8. The number of nitrogens with zero attached hydrogens (tertiary/aromatic N) is 2. The maximum absolute atomic E-state index is 12.3. The number of hydrogen-bond donors (Lipinski definition) is 1. The number of nitrogens with one attached hydrogen (secondary N) is 1. The van der Waals surface area contributed by atoms with Crippen LogP contribution in [-0.4, -0.2) is 62.1 Å². The van der Waals surface area contributed by atoms with E-state index in [1.165, 1.54) is 0 Å². The Morgan fingerprint density at radius 1 is 1.20 bits per heavy atom. The largest absolute Gasteiger partial charge is 0.497 e. The van der Waals surface area contributed by atoms with Gasteiger partial charge in [-0.25, -0.2) is 10.4 Å². The van der Waals surface area contributed by atoms with Gasteiger partial charge in [0.05, 0.1) is 13.2 Å². The summed E-state index contributed by atoms with van der Waals surface area (Å²) < 4.78 is 5.10. The second-order valence-electron chi connectivity index (χ2n) is 5.23. The van der Waals surface area contributed by atoms with Crippen molar-refractivity contribution < 1.29 is 9.53 Å². The Labute approximate surface area is 120 Å². The standard InChI is InChI=1S/C15H23N3O2/c1-12(16-18-10-8-17(2)9-11-18)15(19)13-4-6-14(20-3)7-5-13/h4-7,12,16H,8-11H2,1-3H3. The average molecular weight is 277 g/mol. The number of benzene rings is 1. The fourth-order valence-electron chi connectivity index (χ4n) is 2.27. The molecule has 0 spiro atoms. The van der Waals surface area contributed by atoms with Crippen LogP contribution in [0.15, 0.2) is 24.3 Å². The average Bonchev–Trinajstić information content (AvgIpc) is 2.49. The molecule has 110 valence electrons. The molecule has 2 rings (SSSR count). The van der Waals surface area contributed by atoms with Crippen LogP contribution in [0.5, 0.6) is 5.75 Å². The van der Waals surface area contributed by atoms with Gasteiger partial charge in [0, 0.05) is 31.7 Å².